The summed E-state index contributed by atoms with van der Waals surface area (Å²) in [6.07, 6.45) is 3.73. The fourth-order valence-electron chi connectivity index (χ4n) is 2.89. The van der Waals surface area contributed by atoms with Crippen LogP contribution in [0, 0.1) is 0 Å². The normalized spacial score (nSPS) is 16.4. The highest BCUT2D eigenvalue weighted by Gasteiger charge is 2.25. The van der Waals surface area contributed by atoms with Gasteiger partial charge in [-0.05, 0) is 70.8 Å². The van der Waals surface area contributed by atoms with Crippen LogP contribution in [0.5, 0.6) is 0 Å². The minimum Gasteiger partial charge on any atom is -0.352 e. The van der Waals surface area contributed by atoms with E-state index in [1.54, 1.807) is 12.1 Å². The number of carbonyl (C=O) groups excluding carboxylic acids is 1. The van der Waals surface area contributed by atoms with Crippen LogP contribution in [0.2, 0.25) is 0 Å². The molecule has 0 aliphatic carbocycles. The van der Waals surface area contributed by atoms with Crippen LogP contribution in [0.15, 0.2) is 29.2 Å². The maximum Gasteiger partial charge on any atom is 0.251 e. The maximum atomic E-state index is 12.6. The quantitative estimate of drug-likeness (QED) is 0.711. The van der Waals surface area contributed by atoms with Gasteiger partial charge in [-0.15, -0.1) is 0 Å². The van der Waals surface area contributed by atoms with Gasteiger partial charge in [-0.2, -0.15) is 4.31 Å². The van der Waals surface area contributed by atoms with Gasteiger partial charge in [0.1, 0.15) is 0 Å². The molecule has 1 aliphatic heterocycles. The summed E-state index contributed by atoms with van der Waals surface area (Å²) in [5, 5.41) is 6.24. The summed E-state index contributed by atoms with van der Waals surface area (Å²) in [7, 11) is -3.45. The highest BCUT2D eigenvalue weighted by molar-refractivity contribution is 7.89. The first-order chi connectivity index (χ1) is 12.2. The number of piperidine rings is 1. The number of carbonyl (C=O) groups is 1. The number of sulfonamides is 1. The van der Waals surface area contributed by atoms with Gasteiger partial charge in [0.25, 0.3) is 5.91 Å². The summed E-state index contributed by atoms with van der Waals surface area (Å²) in [5.74, 6) is -0.178. The molecule has 1 saturated heterocycles. The number of amides is 1. The van der Waals surface area contributed by atoms with Gasteiger partial charge in [0.2, 0.25) is 10.0 Å². The van der Waals surface area contributed by atoms with Gasteiger partial charge in [0.15, 0.2) is 0 Å². The van der Waals surface area contributed by atoms with Crippen molar-refractivity contribution in [3.05, 3.63) is 29.8 Å². The van der Waals surface area contributed by atoms with Crippen molar-refractivity contribution in [3.8, 4) is 0 Å². The number of rotatable bonds is 7. The largest absolute Gasteiger partial charge is 0.352 e. The highest BCUT2D eigenvalue weighted by Crippen LogP contribution is 2.20. The standard InChI is InChI=1S/C19H31N3O3S/c1-19(2,3)21-13-7-12-20-18(23)16-8-10-17(11-9-16)26(24,25)22-14-5-4-6-15-22/h8-11,21H,4-7,12-15H2,1-3H3,(H,20,23). The monoisotopic (exact) mass is 381 g/mol. The lowest BCUT2D eigenvalue weighted by molar-refractivity contribution is 0.0953. The minimum atomic E-state index is -3.45. The molecule has 2 rings (SSSR count). The third-order valence-corrected chi connectivity index (χ3v) is 6.28. The first kappa shape index (κ1) is 20.9. The van der Waals surface area contributed by atoms with Gasteiger partial charge >= 0.3 is 0 Å². The van der Waals surface area contributed by atoms with Crippen LogP contribution in [0.3, 0.4) is 0 Å². The van der Waals surface area contributed by atoms with E-state index in [0.29, 0.717) is 25.2 Å². The van der Waals surface area contributed by atoms with Crippen LogP contribution in [0.25, 0.3) is 0 Å². The molecule has 0 spiro atoms. The molecule has 0 bridgehead atoms. The summed E-state index contributed by atoms with van der Waals surface area (Å²) >= 11 is 0. The van der Waals surface area contributed by atoms with Crippen molar-refractivity contribution in [2.24, 2.45) is 0 Å². The Labute approximate surface area is 157 Å². The molecule has 0 saturated carbocycles. The average molecular weight is 382 g/mol. The Morgan fingerprint density at radius 1 is 1.04 bits per heavy atom. The predicted octanol–water partition coefficient (Wildman–Crippen LogP) is 2.37. The topological polar surface area (TPSA) is 78.5 Å². The van der Waals surface area contributed by atoms with Crippen molar-refractivity contribution < 1.29 is 13.2 Å². The molecule has 0 radical (unpaired) electrons. The summed E-state index contributed by atoms with van der Waals surface area (Å²) < 4.78 is 26.8. The van der Waals surface area contributed by atoms with Crippen LogP contribution in [-0.4, -0.2) is 50.3 Å². The van der Waals surface area contributed by atoms with E-state index < -0.39 is 10.0 Å². The molecule has 0 atom stereocenters. The molecule has 1 fully saturated rings. The molecule has 1 heterocycles. The van der Waals surface area contributed by atoms with Crippen molar-refractivity contribution in [1.82, 2.24) is 14.9 Å². The van der Waals surface area contributed by atoms with Crippen LogP contribution < -0.4 is 10.6 Å². The van der Waals surface area contributed by atoms with Crippen molar-refractivity contribution >= 4 is 15.9 Å². The number of benzene rings is 1. The summed E-state index contributed by atoms with van der Waals surface area (Å²) in [6.45, 7) is 8.87. The fourth-order valence-corrected chi connectivity index (χ4v) is 4.41. The number of hydrogen-bond acceptors (Lipinski definition) is 4. The van der Waals surface area contributed by atoms with E-state index in [4.69, 9.17) is 0 Å². The molecular weight excluding hydrogens is 350 g/mol. The zero-order valence-electron chi connectivity index (χ0n) is 16.0. The van der Waals surface area contributed by atoms with E-state index >= 15 is 0 Å². The molecule has 7 heteroatoms. The molecule has 0 aromatic heterocycles. The van der Waals surface area contributed by atoms with E-state index in [0.717, 1.165) is 32.2 Å². The lowest BCUT2D eigenvalue weighted by Crippen LogP contribution is -2.37. The van der Waals surface area contributed by atoms with Crippen LogP contribution >= 0.6 is 0 Å². The second kappa shape index (κ2) is 8.97. The highest BCUT2D eigenvalue weighted by atomic mass is 32.2. The Hall–Kier alpha value is -1.44. The van der Waals surface area contributed by atoms with E-state index in [1.165, 1.54) is 16.4 Å². The molecule has 6 nitrogen and oxygen atoms in total. The van der Waals surface area contributed by atoms with Gasteiger partial charge < -0.3 is 10.6 Å². The number of nitrogens with one attached hydrogen (secondary N) is 2. The predicted molar refractivity (Wildman–Crippen MR) is 104 cm³/mol. The third-order valence-electron chi connectivity index (χ3n) is 4.36. The zero-order valence-corrected chi connectivity index (χ0v) is 16.9. The Morgan fingerprint density at radius 3 is 2.23 bits per heavy atom. The zero-order chi connectivity index (χ0) is 19.2. The number of nitrogens with zero attached hydrogens (tertiary/aromatic N) is 1. The van der Waals surface area contributed by atoms with E-state index in [-0.39, 0.29) is 16.3 Å². The fraction of sp³-hybridized carbons (Fsp3) is 0.632. The number of hydrogen-bond donors (Lipinski definition) is 2. The van der Waals surface area contributed by atoms with Crippen molar-refractivity contribution in [2.45, 2.75) is 56.9 Å². The van der Waals surface area contributed by atoms with Gasteiger partial charge in [0.05, 0.1) is 4.90 Å². The van der Waals surface area contributed by atoms with E-state index in [9.17, 15) is 13.2 Å². The Morgan fingerprint density at radius 2 is 1.65 bits per heavy atom. The molecule has 2 N–H and O–H groups in total. The average Bonchev–Trinajstić information content (AvgIpc) is 2.61. The first-order valence-electron chi connectivity index (χ1n) is 9.34. The van der Waals surface area contributed by atoms with E-state index in [2.05, 4.69) is 31.4 Å². The van der Waals surface area contributed by atoms with Crippen LogP contribution in [0.4, 0.5) is 0 Å². The third kappa shape index (κ3) is 6.07. The molecule has 1 aromatic carbocycles. The SMILES string of the molecule is CC(C)(C)NCCCNC(=O)c1ccc(S(=O)(=O)N2CCCCC2)cc1. The summed E-state index contributed by atoms with van der Waals surface area (Å²) in [5.41, 5.74) is 0.547. The Kier molecular flexibility index (Phi) is 7.20. The summed E-state index contributed by atoms with van der Waals surface area (Å²) in [6, 6.07) is 6.22. The Balaban J connectivity index is 1.87. The van der Waals surface area contributed by atoms with Crippen molar-refractivity contribution in [2.75, 3.05) is 26.2 Å². The van der Waals surface area contributed by atoms with Crippen LogP contribution in [0.1, 0.15) is 56.8 Å². The maximum absolute atomic E-state index is 12.6. The molecule has 146 valence electrons. The molecule has 26 heavy (non-hydrogen) atoms. The lowest BCUT2D eigenvalue weighted by atomic mass is 10.1. The minimum absolute atomic E-state index is 0.0691. The van der Waals surface area contributed by atoms with Gasteiger partial charge in [-0.25, -0.2) is 8.42 Å². The van der Waals surface area contributed by atoms with Crippen molar-refractivity contribution in [1.29, 1.82) is 0 Å². The second-order valence-corrected chi connectivity index (χ2v) is 9.71. The van der Waals surface area contributed by atoms with Crippen molar-refractivity contribution in [3.63, 3.8) is 0 Å². The van der Waals surface area contributed by atoms with Crippen LogP contribution in [-0.2, 0) is 10.0 Å². The van der Waals surface area contributed by atoms with Gasteiger partial charge in [0, 0.05) is 30.7 Å². The lowest BCUT2D eigenvalue weighted by Gasteiger charge is -2.25. The Bertz CT molecular complexity index is 688. The molecule has 1 amide bonds. The van der Waals surface area contributed by atoms with E-state index in [1.807, 2.05) is 0 Å². The van der Waals surface area contributed by atoms with Gasteiger partial charge in [-0.3, -0.25) is 4.79 Å². The molecular formula is C19H31N3O3S. The first-order valence-corrected chi connectivity index (χ1v) is 10.8. The smallest absolute Gasteiger partial charge is 0.251 e. The molecule has 0 unspecified atom stereocenters. The summed E-state index contributed by atoms with van der Waals surface area (Å²) in [4.78, 5) is 12.4. The molecule has 1 aromatic rings. The molecule has 1 aliphatic rings. The van der Waals surface area contributed by atoms with Gasteiger partial charge in [-0.1, -0.05) is 6.42 Å². The second-order valence-electron chi connectivity index (χ2n) is 7.78.